The van der Waals surface area contributed by atoms with Gasteiger partial charge >= 0.3 is 6.09 Å². The molecule has 0 unspecified atom stereocenters. The predicted molar refractivity (Wildman–Crippen MR) is 134 cm³/mol. The van der Waals surface area contributed by atoms with E-state index in [1.807, 2.05) is 52.3 Å². The number of piperidine rings is 1. The molecule has 2 fully saturated rings. The lowest BCUT2D eigenvalue weighted by Gasteiger charge is -2.40. The van der Waals surface area contributed by atoms with E-state index in [0.29, 0.717) is 38.1 Å². The van der Waals surface area contributed by atoms with Crippen LogP contribution < -0.4 is 4.90 Å². The molecule has 3 amide bonds. The number of ether oxygens (including phenoxy) is 1. The maximum absolute atomic E-state index is 13.3. The van der Waals surface area contributed by atoms with E-state index >= 15 is 0 Å². The average Bonchev–Trinajstić information content (AvgIpc) is 3.55. The fraction of sp³-hybridized carbons (Fsp3) is 0.393. The summed E-state index contributed by atoms with van der Waals surface area (Å²) in [7, 11) is 0. The zero-order chi connectivity index (χ0) is 24.8. The van der Waals surface area contributed by atoms with Crippen molar-refractivity contribution in [2.75, 3.05) is 24.5 Å². The van der Waals surface area contributed by atoms with Crippen molar-refractivity contribution < 1.29 is 23.5 Å². The number of likely N-dealkylation sites (tertiary alicyclic amines) is 2. The van der Waals surface area contributed by atoms with Gasteiger partial charge in [0, 0.05) is 49.1 Å². The molecule has 36 heavy (non-hydrogen) atoms. The second kappa shape index (κ2) is 9.00. The number of anilines is 1. The Bertz CT molecular complexity index is 1340. The van der Waals surface area contributed by atoms with Crippen molar-refractivity contribution >= 4 is 34.6 Å². The number of cyclic esters (lactones) is 1. The molecule has 8 nitrogen and oxygen atoms in total. The molecular formula is C28H29N3O5. The Balaban J connectivity index is 1.16. The molecule has 4 heterocycles. The summed E-state index contributed by atoms with van der Waals surface area (Å²) in [6.07, 6.45) is 2.91. The number of hydrogen-bond acceptors (Lipinski definition) is 5. The van der Waals surface area contributed by atoms with Crippen LogP contribution in [0, 0.1) is 0 Å². The minimum atomic E-state index is -0.315. The highest BCUT2D eigenvalue weighted by Crippen LogP contribution is 2.36. The average molecular weight is 488 g/mol. The van der Waals surface area contributed by atoms with E-state index in [9.17, 15) is 14.4 Å². The van der Waals surface area contributed by atoms with Crippen molar-refractivity contribution in [3.05, 3.63) is 65.4 Å². The first-order valence-electron chi connectivity index (χ1n) is 12.6. The molecule has 2 saturated heterocycles. The van der Waals surface area contributed by atoms with Gasteiger partial charge in [-0.2, -0.15) is 0 Å². The van der Waals surface area contributed by atoms with E-state index < -0.39 is 0 Å². The second-order valence-corrected chi connectivity index (χ2v) is 9.85. The summed E-state index contributed by atoms with van der Waals surface area (Å²) in [5.74, 6) is 0.807. The van der Waals surface area contributed by atoms with E-state index in [2.05, 4.69) is 0 Å². The predicted octanol–water partition coefficient (Wildman–Crippen LogP) is 4.88. The molecule has 3 aliphatic rings. The first kappa shape index (κ1) is 22.6. The van der Waals surface area contributed by atoms with Gasteiger partial charge in [-0.25, -0.2) is 4.79 Å². The molecule has 6 rings (SSSR count). The number of carbonyl (C=O) groups excluding carboxylic acids is 3. The molecule has 186 valence electrons. The van der Waals surface area contributed by atoms with Crippen LogP contribution in [0.15, 0.2) is 52.9 Å². The number of hydrogen-bond donors (Lipinski definition) is 0. The van der Waals surface area contributed by atoms with Crippen LogP contribution in [0.3, 0.4) is 0 Å². The Morgan fingerprint density at radius 3 is 2.58 bits per heavy atom. The third-order valence-corrected chi connectivity index (χ3v) is 7.68. The normalized spacial score (nSPS) is 20.5. The van der Waals surface area contributed by atoms with Gasteiger partial charge in [-0.3, -0.25) is 14.5 Å². The second-order valence-electron chi connectivity index (χ2n) is 9.85. The Labute approximate surface area is 209 Å². The number of para-hydroxylation sites is 1. The zero-order valence-corrected chi connectivity index (χ0v) is 20.3. The molecular weight excluding hydrogens is 458 g/mol. The van der Waals surface area contributed by atoms with Gasteiger partial charge in [-0.05, 0) is 56.0 Å². The monoisotopic (exact) mass is 487 g/mol. The quantitative estimate of drug-likeness (QED) is 0.526. The molecule has 3 aromatic rings. The first-order chi connectivity index (χ1) is 17.5. The summed E-state index contributed by atoms with van der Waals surface area (Å²) in [5, 5.41) is 0.869. The fourth-order valence-electron chi connectivity index (χ4n) is 5.83. The molecule has 2 aromatic carbocycles. The molecule has 0 saturated carbocycles. The molecule has 1 aromatic heterocycles. The van der Waals surface area contributed by atoms with Gasteiger partial charge < -0.3 is 19.0 Å². The summed E-state index contributed by atoms with van der Waals surface area (Å²) < 4.78 is 11.5. The lowest BCUT2D eigenvalue weighted by atomic mass is 10.00. The van der Waals surface area contributed by atoms with Crippen molar-refractivity contribution in [1.29, 1.82) is 0 Å². The highest BCUT2D eigenvalue weighted by atomic mass is 16.6. The molecule has 0 radical (unpaired) electrons. The molecule has 3 aliphatic heterocycles. The molecule has 0 spiro atoms. The summed E-state index contributed by atoms with van der Waals surface area (Å²) in [6, 6.07) is 15.3. The van der Waals surface area contributed by atoms with Crippen LogP contribution in [0.4, 0.5) is 10.5 Å². The van der Waals surface area contributed by atoms with Crippen molar-refractivity contribution in [1.82, 2.24) is 9.80 Å². The van der Waals surface area contributed by atoms with Gasteiger partial charge in [-0.15, -0.1) is 0 Å². The number of amides is 3. The Morgan fingerprint density at radius 2 is 1.78 bits per heavy atom. The zero-order valence-electron chi connectivity index (χ0n) is 20.3. The highest BCUT2D eigenvalue weighted by Gasteiger charge is 2.35. The Morgan fingerprint density at radius 1 is 0.972 bits per heavy atom. The minimum Gasteiger partial charge on any atom is -0.459 e. The third-order valence-electron chi connectivity index (χ3n) is 7.68. The smallest absolute Gasteiger partial charge is 0.414 e. The van der Waals surface area contributed by atoms with Crippen molar-refractivity contribution in [3.8, 4) is 0 Å². The van der Waals surface area contributed by atoms with Gasteiger partial charge in [0.25, 0.3) is 5.91 Å². The number of nitrogens with zero attached hydrogens (tertiary/aromatic N) is 3. The molecule has 0 N–H and O–H groups in total. The highest BCUT2D eigenvalue weighted by molar-refractivity contribution is 5.98. The topological polar surface area (TPSA) is 83.3 Å². The van der Waals surface area contributed by atoms with Crippen LogP contribution in [0.25, 0.3) is 11.0 Å². The van der Waals surface area contributed by atoms with Crippen LogP contribution >= 0.6 is 0 Å². The standard InChI is InChI=1S/C28H29N3O5/c1-18(32)30-12-4-7-24(30)26-16-21-15-19(8-9-25(21)36-26)27(33)29-13-10-22(11-14-29)31-23-6-3-2-5-20(23)17-35-28(31)34/h2-3,5-6,8-9,15-16,22,24H,4,7,10-14,17H2,1H3/t24-/m1/s1. The van der Waals surface area contributed by atoms with Crippen molar-refractivity contribution in [2.45, 2.75) is 51.3 Å². The number of fused-ring (bicyclic) bond motifs is 2. The lowest BCUT2D eigenvalue weighted by Crippen LogP contribution is -2.50. The largest absolute Gasteiger partial charge is 0.459 e. The van der Waals surface area contributed by atoms with Gasteiger partial charge in [0.1, 0.15) is 18.0 Å². The van der Waals surface area contributed by atoms with Gasteiger partial charge in [0.05, 0.1) is 11.7 Å². The molecule has 1 atom stereocenters. The lowest BCUT2D eigenvalue weighted by molar-refractivity contribution is -0.130. The van der Waals surface area contributed by atoms with E-state index in [1.54, 1.807) is 17.9 Å². The SMILES string of the molecule is CC(=O)N1CCC[C@@H]1c1cc2cc(C(=O)N3CCC(N4C(=O)OCc5ccccc54)CC3)ccc2o1. The van der Waals surface area contributed by atoms with Crippen LogP contribution in [0.5, 0.6) is 0 Å². The van der Waals surface area contributed by atoms with E-state index in [-0.39, 0.29) is 30.0 Å². The summed E-state index contributed by atoms with van der Waals surface area (Å²) >= 11 is 0. The Hall–Kier alpha value is -3.81. The van der Waals surface area contributed by atoms with Crippen molar-refractivity contribution in [3.63, 3.8) is 0 Å². The summed E-state index contributed by atoms with van der Waals surface area (Å²) in [5.41, 5.74) is 3.25. The van der Waals surface area contributed by atoms with Crippen LogP contribution in [-0.2, 0) is 16.1 Å². The van der Waals surface area contributed by atoms with Crippen LogP contribution in [0.2, 0.25) is 0 Å². The maximum Gasteiger partial charge on any atom is 0.414 e. The first-order valence-corrected chi connectivity index (χ1v) is 12.6. The number of benzene rings is 2. The van der Waals surface area contributed by atoms with Gasteiger partial charge in [0.2, 0.25) is 5.91 Å². The van der Waals surface area contributed by atoms with E-state index in [1.165, 1.54) is 0 Å². The minimum absolute atomic E-state index is 0.00227. The van der Waals surface area contributed by atoms with Crippen LogP contribution in [0.1, 0.15) is 60.3 Å². The number of furan rings is 1. The summed E-state index contributed by atoms with van der Waals surface area (Å²) in [6.45, 7) is 3.78. The van der Waals surface area contributed by atoms with Crippen molar-refractivity contribution in [2.24, 2.45) is 0 Å². The molecule has 0 aliphatic carbocycles. The number of carbonyl (C=O) groups is 3. The maximum atomic E-state index is 13.3. The summed E-state index contributed by atoms with van der Waals surface area (Å²) in [4.78, 5) is 43.3. The Kier molecular flexibility index (Phi) is 5.66. The van der Waals surface area contributed by atoms with Gasteiger partial charge in [0.15, 0.2) is 0 Å². The fourth-order valence-corrected chi connectivity index (χ4v) is 5.83. The van der Waals surface area contributed by atoms with E-state index in [0.717, 1.165) is 47.4 Å². The van der Waals surface area contributed by atoms with E-state index in [4.69, 9.17) is 9.15 Å². The third kappa shape index (κ3) is 3.90. The van der Waals surface area contributed by atoms with Crippen LogP contribution in [-0.4, -0.2) is 53.4 Å². The van der Waals surface area contributed by atoms with Gasteiger partial charge in [-0.1, -0.05) is 18.2 Å². The molecule has 0 bridgehead atoms. The number of rotatable bonds is 3. The molecule has 8 heteroatoms.